The van der Waals surface area contributed by atoms with Crippen molar-refractivity contribution in [1.29, 1.82) is 0 Å². The van der Waals surface area contributed by atoms with Crippen molar-refractivity contribution in [2.75, 3.05) is 62.7 Å². The first kappa shape index (κ1) is 42.7. The van der Waals surface area contributed by atoms with Gasteiger partial charge in [-0.3, -0.25) is 24.5 Å². The fraction of sp³-hybridized carbons (Fsp3) is 0.444. The smallest absolute Gasteiger partial charge is 0.293 e. The molecule has 16 heteroatoms. The van der Waals surface area contributed by atoms with E-state index in [1.54, 1.807) is 18.5 Å². The van der Waals surface area contributed by atoms with E-state index in [9.17, 15) is 24.2 Å². The van der Waals surface area contributed by atoms with Crippen molar-refractivity contribution in [2.24, 2.45) is 23.7 Å². The second kappa shape index (κ2) is 18.2. The molecule has 0 radical (unpaired) electrons. The van der Waals surface area contributed by atoms with Crippen LogP contribution in [0.1, 0.15) is 55.8 Å². The third kappa shape index (κ3) is 10.2. The Hall–Kier alpha value is -4.93. The first-order valence-electron chi connectivity index (χ1n) is 21.1. The number of carbonyl (C=O) groups is 1. The number of nitrogens with one attached hydrogen (secondary N) is 3. The monoisotopic (exact) mass is 871 g/mol. The molecule has 1 amide bonds. The number of aromatic amines is 1. The summed E-state index contributed by atoms with van der Waals surface area (Å²) in [5, 5.41) is 28.0. The van der Waals surface area contributed by atoms with Crippen LogP contribution in [0.25, 0.3) is 11.0 Å². The molecule has 4 unspecified atom stereocenters. The van der Waals surface area contributed by atoms with Gasteiger partial charge in [-0.2, -0.15) is 0 Å². The number of nitro groups is 1. The van der Waals surface area contributed by atoms with Gasteiger partial charge in [0.2, 0.25) is 0 Å². The molecule has 4 aromatic rings. The summed E-state index contributed by atoms with van der Waals surface area (Å²) in [5.41, 5.74) is 1.02. The number of hydrogen-bond donors (Lipinski definition) is 4. The van der Waals surface area contributed by atoms with Crippen LogP contribution < -0.4 is 19.7 Å². The summed E-state index contributed by atoms with van der Waals surface area (Å²) in [6, 6.07) is 13.2. The summed E-state index contributed by atoms with van der Waals surface area (Å²) in [6.07, 6.45) is 14.9. The Balaban J connectivity index is 0.984. The number of fused-ring (bicyclic) bond motifs is 1. The van der Waals surface area contributed by atoms with Crippen LogP contribution in [0.2, 0.25) is 0 Å². The van der Waals surface area contributed by atoms with Crippen molar-refractivity contribution < 1.29 is 28.5 Å². The van der Waals surface area contributed by atoms with Gasteiger partial charge in [-0.05, 0) is 117 Å². The van der Waals surface area contributed by atoms with Gasteiger partial charge in [-0.25, -0.2) is 9.19 Å². The summed E-state index contributed by atoms with van der Waals surface area (Å²) in [4.78, 5) is 38.0. The van der Waals surface area contributed by atoms with Crippen LogP contribution in [0.3, 0.4) is 0 Å². The highest BCUT2D eigenvalue weighted by atomic mass is 35.5. The normalized spacial score (nSPS) is 24.8. The highest BCUT2D eigenvalue weighted by Gasteiger charge is 2.40. The van der Waals surface area contributed by atoms with Crippen LogP contribution in [0.15, 0.2) is 89.1 Å². The molecule has 5 atom stereocenters. The van der Waals surface area contributed by atoms with Gasteiger partial charge in [-0.1, -0.05) is 23.8 Å². The zero-order valence-corrected chi connectivity index (χ0v) is 36.0. The maximum Gasteiger partial charge on any atom is 0.293 e. The number of ether oxygens (including phenoxy) is 2. The Bertz CT molecular complexity index is 2420. The second-order valence-electron chi connectivity index (χ2n) is 17.1. The average Bonchev–Trinajstić information content (AvgIpc) is 3.72. The molecular formula is C45H54ClN7O7S. The van der Waals surface area contributed by atoms with Crippen LogP contribution >= 0.6 is 11.6 Å². The lowest BCUT2D eigenvalue weighted by atomic mass is 9.66. The lowest BCUT2D eigenvalue weighted by Crippen LogP contribution is -2.50. The van der Waals surface area contributed by atoms with Gasteiger partial charge in [-0.15, -0.1) is 0 Å². The van der Waals surface area contributed by atoms with Crippen molar-refractivity contribution in [3.8, 4) is 11.5 Å². The van der Waals surface area contributed by atoms with E-state index in [1.165, 1.54) is 18.2 Å². The SMILES string of the molecule is C=S(=O)(NC(=O)c1ccc(N2CCN(CC3CC(C)(O)CC[C@H]3C3C=CC(Cl)=CC3)CC2)cc1Oc1cnc2[nH]ccc2c1)c1ccc(NCC2CCOCC2)c([N+](=O)[O-])c1. The largest absolute Gasteiger partial charge is 0.455 e. The van der Waals surface area contributed by atoms with Crippen LogP contribution in [-0.2, 0) is 14.4 Å². The number of rotatable bonds is 13. The summed E-state index contributed by atoms with van der Waals surface area (Å²) < 4.78 is 28.5. The predicted octanol–water partition coefficient (Wildman–Crippen LogP) is 7.51. The van der Waals surface area contributed by atoms with Gasteiger partial charge < -0.3 is 29.8 Å². The minimum Gasteiger partial charge on any atom is -0.455 e. The van der Waals surface area contributed by atoms with E-state index in [0.717, 1.165) is 87.4 Å². The Morgan fingerprint density at radius 1 is 1.15 bits per heavy atom. The van der Waals surface area contributed by atoms with E-state index in [2.05, 4.69) is 47.8 Å². The number of pyridine rings is 1. The number of benzene rings is 2. The number of piperazine rings is 1. The topological polar surface area (TPSA) is 175 Å². The van der Waals surface area contributed by atoms with E-state index < -0.39 is 26.1 Å². The Labute approximate surface area is 361 Å². The Morgan fingerprint density at radius 2 is 1.95 bits per heavy atom. The zero-order valence-electron chi connectivity index (χ0n) is 34.4. The molecule has 4 N–H and O–H groups in total. The lowest BCUT2D eigenvalue weighted by Gasteiger charge is -2.46. The maximum absolute atomic E-state index is 14.1. The molecule has 0 spiro atoms. The molecule has 2 aromatic carbocycles. The number of nitro benzene ring substituents is 1. The summed E-state index contributed by atoms with van der Waals surface area (Å²) in [5.74, 6) is 5.30. The molecule has 2 saturated heterocycles. The van der Waals surface area contributed by atoms with Crippen molar-refractivity contribution in [2.45, 2.75) is 55.9 Å². The molecule has 2 aromatic heterocycles. The summed E-state index contributed by atoms with van der Waals surface area (Å²) >= 11 is 6.26. The van der Waals surface area contributed by atoms with Gasteiger partial charge >= 0.3 is 0 Å². The molecular weight excluding hydrogens is 818 g/mol. The van der Waals surface area contributed by atoms with Crippen LogP contribution in [0, 0.1) is 33.8 Å². The number of carbonyl (C=O) groups excluding carboxylic acids is 1. The van der Waals surface area contributed by atoms with Gasteiger partial charge in [0.25, 0.3) is 11.6 Å². The highest BCUT2D eigenvalue weighted by molar-refractivity contribution is 7.99. The highest BCUT2D eigenvalue weighted by Crippen LogP contribution is 2.44. The number of hydrogen-bond acceptors (Lipinski definition) is 11. The van der Waals surface area contributed by atoms with Gasteiger partial charge in [0.1, 0.15) is 22.8 Å². The Morgan fingerprint density at radius 3 is 2.70 bits per heavy atom. The number of amides is 1. The molecule has 2 aliphatic heterocycles. The van der Waals surface area contributed by atoms with Gasteiger partial charge in [0, 0.05) is 86.9 Å². The van der Waals surface area contributed by atoms with E-state index in [4.69, 9.17) is 21.1 Å². The minimum absolute atomic E-state index is 0.0165. The van der Waals surface area contributed by atoms with E-state index >= 15 is 0 Å². The predicted molar refractivity (Wildman–Crippen MR) is 240 cm³/mol. The third-order valence-electron chi connectivity index (χ3n) is 12.7. The fourth-order valence-electron chi connectivity index (χ4n) is 9.31. The minimum atomic E-state index is -3.56. The fourth-order valence-corrected chi connectivity index (χ4v) is 10.6. The number of anilines is 2. The molecule has 324 valence electrons. The molecule has 2 aliphatic carbocycles. The number of nitrogens with zero attached hydrogens (tertiary/aromatic N) is 4. The van der Waals surface area contributed by atoms with Crippen LogP contribution in [0.4, 0.5) is 17.1 Å². The Kier molecular flexibility index (Phi) is 12.8. The van der Waals surface area contributed by atoms with Crippen LogP contribution in [-0.4, -0.2) is 99.0 Å². The number of H-pyrrole nitrogens is 1. The number of halogens is 1. The standard InChI is InChI=1S/C45H54ClN7O7S/c1-45(55)15-11-38(31-3-5-34(46)6-4-31)33(26-45)29-51-17-19-52(20-18-51)35-7-9-39(42(24-35)60-36-23-32-12-16-47-43(32)49-28-36)44(54)50-61(2,58)37-8-10-40(41(25-37)53(56)57)48-27-30-13-21-59-22-14-30/h3,5-10,12,16,23-25,28,30-31,33,38,48,55H,2,4,11,13-15,17-22,26-27,29H2,1H3,(H,47,49)(H,50,54,58)/t31?,33?,38-,45?,61?/m0/s1. The first-order valence-corrected chi connectivity index (χ1v) is 23.2. The van der Waals surface area contributed by atoms with Gasteiger partial charge in [0.15, 0.2) is 0 Å². The van der Waals surface area contributed by atoms with Gasteiger partial charge in [0.05, 0.1) is 36.9 Å². The van der Waals surface area contributed by atoms with E-state index in [0.29, 0.717) is 60.5 Å². The first-order chi connectivity index (χ1) is 29.3. The lowest BCUT2D eigenvalue weighted by molar-refractivity contribution is -0.384. The molecule has 1 saturated carbocycles. The van der Waals surface area contributed by atoms with Crippen molar-refractivity contribution in [1.82, 2.24) is 19.6 Å². The molecule has 4 aliphatic rings. The molecule has 8 rings (SSSR count). The van der Waals surface area contributed by atoms with Crippen molar-refractivity contribution >= 4 is 61.2 Å². The summed E-state index contributed by atoms with van der Waals surface area (Å²) in [7, 11) is -3.56. The number of aliphatic hydroxyl groups is 1. The quantitative estimate of drug-likeness (QED) is 0.0595. The van der Waals surface area contributed by atoms with Crippen LogP contribution in [0.5, 0.6) is 11.5 Å². The van der Waals surface area contributed by atoms with E-state index in [1.807, 2.05) is 37.3 Å². The molecule has 3 fully saturated rings. The molecule has 14 nitrogen and oxygen atoms in total. The van der Waals surface area contributed by atoms with Crippen molar-refractivity contribution in [3.05, 3.63) is 99.9 Å². The average molecular weight is 872 g/mol. The second-order valence-corrected chi connectivity index (χ2v) is 19.6. The number of allylic oxidation sites excluding steroid dienone is 4. The van der Waals surface area contributed by atoms with E-state index in [-0.39, 0.29) is 21.9 Å². The zero-order chi connectivity index (χ0) is 42.7. The molecule has 0 bridgehead atoms. The number of aromatic nitrogens is 2. The summed E-state index contributed by atoms with van der Waals surface area (Å²) in [6.45, 7) is 7.84. The molecule has 61 heavy (non-hydrogen) atoms. The van der Waals surface area contributed by atoms with Crippen molar-refractivity contribution in [3.63, 3.8) is 0 Å². The molecule has 4 heterocycles. The third-order valence-corrected chi connectivity index (χ3v) is 14.5. The maximum atomic E-state index is 14.1.